The van der Waals surface area contributed by atoms with Crippen molar-refractivity contribution in [3.8, 4) is 0 Å². The summed E-state index contributed by atoms with van der Waals surface area (Å²) in [5, 5.41) is 10.7. The average Bonchev–Trinajstić information content (AvgIpc) is 3.20. The fraction of sp³-hybridized carbons (Fsp3) is 0.857. The van der Waals surface area contributed by atoms with Crippen LogP contribution in [0.3, 0.4) is 0 Å². The molecule has 150 valence electrons. The first-order chi connectivity index (χ1) is 12.9. The smallest absolute Gasteiger partial charge is 0.331 e. The molecule has 0 aromatic carbocycles. The number of esters is 1. The predicted octanol–water partition coefficient (Wildman–Crippen LogP) is 2.54. The van der Waals surface area contributed by atoms with E-state index >= 15 is 0 Å². The van der Waals surface area contributed by atoms with Crippen molar-refractivity contribution in [3.05, 3.63) is 11.6 Å². The summed E-state index contributed by atoms with van der Waals surface area (Å²) in [5.41, 5.74) is 0.273. The Kier molecular flexibility index (Phi) is 3.88. The van der Waals surface area contributed by atoms with Crippen LogP contribution in [0.1, 0.15) is 52.4 Å². The standard InChI is InChI=1S/C21H30O6/c1-12-6-9-20-14(19(12,2)8-7-13-10-16(22)25-11-13)4-5-15-21(20,27-15)17(23)26-18(20)24-3/h10,12,14-15,17-18,23H,4-9,11H2,1-3H3/t12-,14-,15-,17?,18?,19+,20+,21+/m0/s1. The predicted molar refractivity (Wildman–Crippen MR) is 95.4 cm³/mol. The monoisotopic (exact) mass is 378 g/mol. The van der Waals surface area contributed by atoms with Crippen molar-refractivity contribution in [3.63, 3.8) is 0 Å². The lowest BCUT2D eigenvalue weighted by Gasteiger charge is -2.59. The van der Waals surface area contributed by atoms with Crippen LogP contribution in [-0.4, -0.2) is 49.1 Å². The maximum Gasteiger partial charge on any atom is 0.331 e. The third-order valence-corrected chi connectivity index (χ3v) is 8.70. The molecule has 2 spiro atoms. The van der Waals surface area contributed by atoms with Gasteiger partial charge >= 0.3 is 5.97 Å². The van der Waals surface area contributed by atoms with Gasteiger partial charge in [-0.2, -0.15) is 0 Å². The molecule has 0 bridgehead atoms. The van der Waals surface area contributed by atoms with E-state index in [-0.39, 0.29) is 22.9 Å². The number of hydrogen-bond donors (Lipinski definition) is 1. The fourth-order valence-electron chi connectivity index (χ4n) is 7.08. The van der Waals surface area contributed by atoms with E-state index in [1.54, 1.807) is 13.2 Å². The molecule has 5 rings (SSSR count). The summed E-state index contributed by atoms with van der Waals surface area (Å²) in [4.78, 5) is 11.4. The molecule has 1 N–H and O–H groups in total. The highest BCUT2D eigenvalue weighted by Gasteiger charge is 2.85. The molecular weight excluding hydrogens is 348 g/mol. The Hall–Kier alpha value is -0.950. The highest BCUT2D eigenvalue weighted by atomic mass is 16.8. The molecule has 3 aliphatic heterocycles. The van der Waals surface area contributed by atoms with Crippen LogP contribution in [0, 0.1) is 22.7 Å². The number of methoxy groups -OCH3 is 1. The van der Waals surface area contributed by atoms with E-state index in [9.17, 15) is 9.90 Å². The molecule has 2 unspecified atom stereocenters. The fourth-order valence-corrected chi connectivity index (χ4v) is 7.08. The van der Waals surface area contributed by atoms with Gasteiger partial charge in [-0.05, 0) is 61.3 Å². The number of hydrogen-bond acceptors (Lipinski definition) is 6. The Morgan fingerprint density at radius 3 is 2.85 bits per heavy atom. The number of carbonyl (C=O) groups is 1. The molecule has 2 saturated heterocycles. The van der Waals surface area contributed by atoms with Crippen LogP contribution >= 0.6 is 0 Å². The highest BCUT2D eigenvalue weighted by Crippen LogP contribution is 2.75. The summed E-state index contributed by atoms with van der Waals surface area (Å²) in [6, 6.07) is 0. The van der Waals surface area contributed by atoms with Gasteiger partial charge < -0.3 is 24.1 Å². The van der Waals surface area contributed by atoms with Gasteiger partial charge in [0.1, 0.15) is 6.61 Å². The molecule has 27 heavy (non-hydrogen) atoms. The summed E-state index contributed by atoms with van der Waals surface area (Å²) in [7, 11) is 1.68. The number of rotatable bonds is 4. The van der Waals surface area contributed by atoms with Crippen LogP contribution in [-0.2, 0) is 23.7 Å². The maximum absolute atomic E-state index is 11.4. The molecule has 4 fully saturated rings. The highest BCUT2D eigenvalue weighted by molar-refractivity contribution is 5.85. The van der Waals surface area contributed by atoms with Crippen molar-refractivity contribution in [1.29, 1.82) is 0 Å². The minimum atomic E-state index is -0.906. The molecule has 6 heteroatoms. The molecule has 2 saturated carbocycles. The molecular formula is C21H30O6. The third kappa shape index (κ3) is 2.13. The van der Waals surface area contributed by atoms with Gasteiger partial charge in [-0.25, -0.2) is 4.79 Å². The molecule has 2 aliphatic carbocycles. The van der Waals surface area contributed by atoms with Crippen molar-refractivity contribution in [2.24, 2.45) is 22.7 Å². The third-order valence-electron chi connectivity index (χ3n) is 8.70. The first-order valence-electron chi connectivity index (χ1n) is 10.3. The Morgan fingerprint density at radius 1 is 1.33 bits per heavy atom. The van der Waals surface area contributed by atoms with Crippen molar-refractivity contribution in [1.82, 2.24) is 0 Å². The Morgan fingerprint density at radius 2 is 2.15 bits per heavy atom. The molecule has 5 aliphatic rings. The van der Waals surface area contributed by atoms with Gasteiger partial charge in [-0.3, -0.25) is 0 Å². The molecule has 0 radical (unpaired) electrons. The van der Waals surface area contributed by atoms with Crippen LogP contribution in [0.2, 0.25) is 0 Å². The zero-order chi connectivity index (χ0) is 19.0. The van der Waals surface area contributed by atoms with E-state index in [1.165, 1.54) is 0 Å². The van der Waals surface area contributed by atoms with Crippen LogP contribution in [0.25, 0.3) is 0 Å². The number of ether oxygens (including phenoxy) is 4. The number of epoxide rings is 1. The van der Waals surface area contributed by atoms with Crippen LogP contribution in [0.15, 0.2) is 11.6 Å². The summed E-state index contributed by atoms with van der Waals surface area (Å²) in [5.74, 6) is 0.684. The molecule has 8 atom stereocenters. The lowest BCUT2D eigenvalue weighted by Crippen LogP contribution is -2.61. The van der Waals surface area contributed by atoms with E-state index < -0.39 is 18.2 Å². The number of carbonyl (C=O) groups excluding carboxylic acids is 1. The second-order valence-corrected chi connectivity index (χ2v) is 9.48. The van der Waals surface area contributed by atoms with Gasteiger partial charge in [0.05, 0.1) is 11.5 Å². The second-order valence-electron chi connectivity index (χ2n) is 9.48. The minimum Gasteiger partial charge on any atom is -0.458 e. The van der Waals surface area contributed by atoms with Crippen molar-refractivity contribution < 1.29 is 28.8 Å². The second kappa shape index (κ2) is 5.78. The summed E-state index contributed by atoms with van der Waals surface area (Å²) >= 11 is 0. The van der Waals surface area contributed by atoms with Gasteiger partial charge in [0.25, 0.3) is 0 Å². The Labute approximate surface area is 160 Å². The van der Waals surface area contributed by atoms with Gasteiger partial charge in [0.2, 0.25) is 0 Å². The van der Waals surface area contributed by atoms with Crippen LogP contribution < -0.4 is 0 Å². The zero-order valence-electron chi connectivity index (χ0n) is 16.4. The van der Waals surface area contributed by atoms with Crippen molar-refractivity contribution >= 4 is 5.97 Å². The van der Waals surface area contributed by atoms with Gasteiger partial charge in [-0.1, -0.05) is 13.8 Å². The van der Waals surface area contributed by atoms with E-state index in [0.717, 1.165) is 44.1 Å². The SMILES string of the molecule is COC1OC(O)[C@]23O[C@H]2CC[C@H]2[C@](C)(CCC4=CC(=O)OC4)[C@@H](C)CC[C@]123. The van der Waals surface area contributed by atoms with E-state index in [4.69, 9.17) is 18.9 Å². The lowest BCUT2D eigenvalue weighted by molar-refractivity contribution is -0.225. The van der Waals surface area contributed by atoms with Crippen LogP contribution in [0.5, 0.6) is 0 Å². The molecule has 6 nitrogen and oxygen atoms in total. The van der Waals surface area contributed by atoms with E-state index in [1.807, 2.05) is 0 Å². The summed E-state index contributed by atoms with van der Waals surface area (Å²) in [6.07, 6.45) is 6.34. The van der Waals surface area contributed by atoms with E-state index in [2.05, 4.69) is 13.8 Å². The average molecular weight is 378 g/mol. The zero-order valence-corrected chi connectivity index (χ0v) is 16.4. The Bertz CT molecular complexity index is 690. The maximum atomic E-state index is 11.4. The van der Waals surface area contributed by atoms with Crippen LogP contribution in [0.4, 0.5) is 0 Å². The first kappa shape index (κ1) is 18.1. The number of aliphatic hydroxyl groups is 1. The van der Waals surface area contributed by atoms with E-state index in [0.29, 0.717) is 18.4 Å². The van der Waals surface area contributed by atoms with Gasteiger partial charge in [0.15, 0.2) is 18.2 Å². The summed E-state index contributed by atoms with van der Waals surface area (Å²) in [6.45, 7) is 5.16. The van der Waals surface area contributed by atoms with Crippen molar-refractivity contribution in [2.75, 3.05) is 13.7 Å². The van der Waals surface area contributed by atoms with Crippen molar-refractivity contribution in [2.45, 2.75) is 76.7 Å². The topological polar surface area (TPSA) is 77.5 Å². The quantitative estimate of drug-likeness (QED) is 0.598. The molecule has 0 amide bonds. The lowest BCUT2D eigenvalue weighted by atomic mass is 9.44. The Balaban J connectivity index is 1.49. The number of cyclic esters (lactones) is 1. The molecule has 3 heterocycles. The minimum absolute atomic E-state index is 0.0683. The molecule has 0 aromatic heterocycles. The normalized spacial score (nSPS) is 53.3. The van der Waals surface area contributed by atoms with Gasteiger partial charge in [-0.15, -0.1) is 0 Å². The number of aliphatic hydroxyl groups excluding tert-OH is 1. The van der Waals surface area contributed by atoms with Gasteiger partial charge in [0, 0.05) is 13.2 Å². The first-order valence-corrected chi connectivity index (χ1v) is 10.3. The summed E-state index contributed by atoms with van der Waals surface area (Å²) < 4.78 is 23.0. The molecule has 0 aromatic rings. The largest absolute Gasteiger partial charge is 0.458 e.